The predicted octanol–water partition coefficient (Wildman–Crippen LogP) is 2.79. The van der Waals surface area contributed by atoms with Crippen molar-refractivity contribution < 1.29 is 18.7 Å². The van der Waals surface area contributed by atoms with Gasteiger partial charge in [-0.3, -0.25) is 4.57 Å². The summed E-state index contributed by atoms with van der Waals surface area (Å²) in [6.07, 6.45) is 2.21. The van der Waals surface area contributed by atoms with Crippen LogP contribution in [0.5, 0.6) is 0 Å². The van der Waals surface area contributed by atoms with Crippen molar-refractivity contribution in [2.24, 2.45) is 5.41 Å². The van der Waals surface area contributed by atoms with Crippen LogP contribution in [0.1, 0.15) is 20.8 Å². The van der Waals surface area contributed by atoms with E-state index in [-0.39, 0.29) is 11.1 Å². The fourth-order valence-corrected chi connectivity index (χ4v) is 1.88. The topological polar surface area (TPSA) is 95.3 Å². The number of halogens is 2. The monoisotopic (exact) mass is 323 g/mol. The predicted molar refractivity (Wildman–Crippen MR) is 75.0 cm³/mol. The second-order valence-corrected chi connectivity index (χ2v) is 7.07. The Kier molecular flexibility index (Phi) is 5.27. The Morgan fingerprint density at radius 1 is 1.50 bits per heavy atom. The van der Waals surface area contributed by atoms with Gasteiger partial charge in [0.05, 0.1) is 12.2 Å². The van der Waals surface area contributed by atoms with E-state index in [0.717, 1.165) is 12.0 Å². The maximum absolute atomic E-state index is 13.6. The van der Waals surface area contributed by atoms with Crippen LogP contribution in [-0.4, -0.2) is 25.8 Å². The normalized spacial score (nSPS) is 14.6. The van der Waals surface area contributed by atoms with Crippen molar-refractivity contribution in [2.75, 3.05) is 5.32 Å². The van der Waals surface area contributed by atoms with E-state index in [4.69, 9.17) is 21.4 Å². The summed E-state index contributed by atoms with van der Waals surface area (Å²) in [5, 5.41) is 2.64. The Balaban J connectivity index is 3.05. The van der Waals surface area contributed by atoms with Gasteiger partial charge in [0.15, 0.2) is 11.6 Å². The maximum Gasteiger partial charge on any atom is 0.348 e. The Bertz CT molecular complexity index is 556. The van der Waals surface area contributed by atoms with E-state index in [1.807, 2.05) is 20.8 Å². The molecule has 0 aliphatic rings. The number of nitrogens with zero attached hydrogens (tertiary/aromatic N) is 2. The zero-order chi connectivity index (χ0) is 15.6. The molecule has 1 unspecified atom stereocenters. The average Bonchev–Trinajstić information content (AvgIpc) is 2.25. The highest BCUT2D eigenvalue weighted by atomic mass is 35.5. The second-order valence-electron chi connectivity index (χ2n) is 5.25. The van der Waals surface area contributed by atoms with Gasteiger partial charge in [-0.2, -0.15) is 4.98 Å². The molecule has 112 valence electrons. The molecule has 6 nitrogen and oxygen atoms in total. The first-order valence-corrected chi connectivity index (χ1v) is 7.74. The van der Waals surface area contributed by atoms with Gasteiger partial charge in [-0.25, -0.2) is 9.37 Å². The van der Waals surface area contributed by atoms with E-state index < -0.39 is 24.9 Å². The molecule has 0 aliphatic carbocycles. The molecule has 0 saturated carbocycles. The third-order valence-corrected chi connectivity index (χ3v) is 3.16. The van der Waals surface area contributed by atoms with E-state index in [0.29, 0.717) is 0 Å². The summed E-state index contributed by atoms with van der Waals surface area (Å²) in [4.78, 5) is 24.9. The number of hydrogen-bond acceptors (Lipinski definition) is 4. The summed E-state index contributed by atoms with van der Waals surface area (Å²) in [6, 6.07) is -0.560. The van der Waals surface area contributed by atoms with Crippen molar-refractivity contribution in [1.82, 2.24) is 9.97 Å². The molecule has 1 aromatic rings. The summed E-state index contributed by atoms with van der Waals surface area (Å²) in [7, 11) is -4.29. The lowest BCUT2D eigenvalue weighted by Crippen LogP contribution is -2.32. The molecule has 0 bridgehead atoms. The number of aromatic nitrogens is 2. The van der Waals surface area contributed by atoms with Crippen LogP contribution in [0, 0.1) is 11.2 Å². The molecule has 3 N–H and O–H groups in total. The number of nitrogens with one attached hydrogen (secondary N) is 1. The van der Waals surface area contributed by atoms with Gasteiger partial charge in [0.25, 0.3) is 0 Å². The minimum Gasteiger partial charge on any atom is -0.361 e. The van der Waals surface area contributed by atoms with Gasteiger partial charge in [-0.05, 0) is 17.0 Å². The molecule has 0 aromatic carbocycles. The lowest BCUT2D eigenvalue weighted by molar-refractivity contribution is 0.377. The SMILES string of the molecule is CC(C)(C)C(/C=C/P(=O)(O)O)Nc1nc(Cl)ncc1F. The molecule has 1 aromatic heterocycles. The van der Waals surface area contributed by atoms with Crippen LogP contribution in [0.25, 0.3) is 0 Å². The standard InChI is InChI=1S/C11H16ClFN3O3P/c1-11(2,3)8(4-5-20(17,18)19)15-9-7(13)6-14-10(12)16-9/h4-6,8H,1-3H3,(H,14,15,16)(H2,17,18,19)/b5-4+. The first-order valence-electron chi connectivity index (χ1n) is 5.68. The minimum absolute atomic E-state index is 0.125. The summed E-state index contributed by atoms with van der Waals surface area (Å²) in [5.41, 5.74) is -0.435. The first-order chi connectivity index (χ1) is 8.99. The lowest BCUT2D eigenvalue weighted by Gasteiger charge is -2.29. The van der Waals surface area contributed by atoms with Gasteiger partial charge < -0.3 is 15.1 Å². The summed E-state index contributed by atoms with van der Waals surface area (Å²) < 4.78 is 24.5. The van der Waals surface area contributed by atoms with Gasteiger partial charge in [-0.1, -0.05) is 26.8 Å². The van der Waals surface area contributed by atoms with Crippen LogP contribution in [0.3, 0.4) is 0 Å². The van der Waals surface area contributed by atoms with Gasteiger partial charge >= 0.3 is 7.60 Å². The van der Waals surface area contributed by atoms with Crippen molar-refractivity contribution >= 4 is 25.0 Å². The summed E-state index contributed by atoms with van der Waals surface area (Å²) in [5.74, 6) is -0.0510. The second kappa shape index (κ2) is 6.18. The van der Waals surface area contributed by atoms with Crippen LogP contribution in [0.15, 0.2) is 18.1 Å². The smallest absolute Gasteiger partial charge is 0.348 e. The molecule has 1 heterocycles. The van der Waals surface area contributed by atoms with Gasteiger partial charge in [0.2, 0.25) is 5.28 Å². The first kappa shape index (κ1) is 17.0. The van der Waals surface area contributed by atoms with E-state index in [1.165, 1.54) is 6.08 Å². The van der Waals surface area contributed by atoms with Crippen LogP contribution < -0.4 is 5.32 Å². The highest BCUT2D eigenvalue weighted by Gasteiger charge is 2.25. The number of hydrogen-bond donors (Lipinski definition) is 3. The van der Waals surface area contributed by atoms with E-state index in [9.17, 15) is 8.96 Å². The molecule has 0 saturated heterocycles. The van der Waals surface area contributed by atoms with E-state index >= 15 is 0 Å². The van der Waals surface area contributed by atoms with Gasteiger partial charge in [0, 0.05) is 5.82 Å². The van der Waals surface area contributed by atoms with Crippen LogP contribution in [0.2, 0.25) is 5.28 Å². The van der Waals surface area contributed by atoms with Crippen LogP contribution in [0.4, 0.5) is 10.2 Å². The minimum atomic E-state index is -4.29. The highest BCUT2D eigenvalue weighted by Crippen LogP contribution is 2.37. The molecule has 0 radical (unpaired) electrons. The molecule has 20 heavy (non-hydrogen) atoms. The van der Waals surface area contributed by atoms with Gasteiger partial charge in [0.1, 0.15) is 0 Å². The molecule has 9 heteroatoms. The largest absolute Gasteiger partial charge is 0.361 e. The van der Waals surface area contributed by atoms with Crippen molar-refractivity contribution in [3.63, 3.8) is 0 Å². The Morgan fingerprint density at radius 2 is 2.10 bits per heavy atom. The molecular weight excluding hydrogens is 308 g/mol. The molecule has 0 fully saturated rings. The van der Waals surface area contributed by atoms with E-state index in [2.05, 4.69) is 15.3 Å². The molecule has 1 atom stereocenters. The van der Waals surface area contributed by atoms with Crippen molar-refractivity contribution in [2.45, 2.75) is 26.8 Å². The molecular formula is C11H16ClFN3O3P. The fourth-order valence-electron chi connectivity index (χ4n) is 1.35. The van der Waals surface area contributed by atoms with Crippen LogP contribution >= 0.6 is 19.2 Å². The Labute approximate surface area is 121 Å². The fraction of sp³-hybridized carbons (Fsp3) is 0.455. The summed E-state index contributed by atoms with van der Waals surface area (Å²) >= 11 is 5.59. The molecule has 0 amide bonds. The van der Waals surface area contributed by atoms with Crippen molar-refractivity contribution in [1.29, 1.82) is 0 Å². The molecule has 0 aliphatic heterocycles. The Hall–Kier alpha value is -1.01. The molecule has 1 rings (SSSR count). The number of anilines is 1. The zero-order valence-electron chi connectivity index (χ0n) is 11.2. The third kappa shape index (κ3) is 5.54. The van der Waals surface area contributed by atoms with Gasteiger partial charge in [-0.15, -0.1) is 0 Å². The summed E-state index contributed by atoms with van der Waals surface area (Å²) in [6.45, 7) is 5.49. The van der Waals surface area contributed by atoms with Crippen molar-refractivity contribution in [3.8, 4) is 0 Å². The maximum atomic E-state index is 13.6. The zero-order valence-corrected chi connectivity index (χ0v) is 12.9. The Morgan fingerprint density at radius 3 is 2.60 bits per heavy atom. The average molecular weight is 324 g/mol. The van der Waals surface area contributed by atoms with Crippen molar-refractivity contribution in [3.05, 3.63) is 29.2 Å². The quantitative estimate of drug-likeness (QED) is 0.582. The lowest BCUT2D eigenvalue weighted by atomic mass is 9.87. The number of rotatable bonds is 4. The molecule has 0 spiro atoms. The third-order valence-electron chi connectivity index (χ3n) is 2.41. The van der Waals surface area contributed by atoms with E-state index in [1.54, 1.807) is 0 Å². The van der Waals surface area contributed by atoms with Crippen LogP contribution in [-0.2, 0) is 4.57 Å². The highest BCUT2D eigenvalue weighted by molar-refractivity contribution is 7.55.